The van der Waals surface area contributed by atoms with Gasteiger partial charge in [-0.05, 0) is 12.1 Å². The first kappa shape index (κ1) is 15.9. The van der Waals surface area contributed by atoms with Crippen LogP contribution in [-0.2, 0) is 28.5 Å². The summed E-state index contributed by atoms with van der Waals surface area (Å²) in [6, 6.07) is 4.09. The van der Waals surface area contributed by atoms with Crippen LogP contribution in [-0.4, -0.2) is 54.3 Å². The molecule has 2 atom stereocenters. The van der Waals surface area contributed by atoms with Gasteiger partial charge in [0.25, 0.3) is 0 Å². The summed E-state index contributed by atoms with van der Waals surface area (Å²) in [6.07, 6.45) is -1.39. The highest BCUT2D eigenvalue weighted by atomic mass is 16.6. The van der Waals surface area contributed by atoms with Gasteiger partial charge in [-0.25, -0.2) is 24.2 Å². The van der Waals surface area contributed by atoms with E-state index in [0.717, 1.165) is 0 Å². The first-order valence-corrected chi connectivity index (χ1v) is 7.27. The first-order valence-electron chi connectivity index (χ1n) is 7.27. The fourth-order valence-electron chi connectivity index (χ4n) is 2.21. The number of carbonyl (C=O) groups is 4. The molecule has 0 aliphatic carbocycles. The van der Waals surface area contributed by atoms with Crippen LogP contribution in [0.4, 0.5) is 0 Å². The van der Waals surface area contributed by atoms with Gasteiger partial charge in [-0.15, -0.1) is 0 Å². The Balaban J connectivity index is 1.66. The minimum atomic E-state index is -0.969. The second-order valence-corrected chi connectivity index (χ2v) is 5.11. The number of hydrogen-bond donors (Lipinski definition) is 0. The van der Waals surface area contributed by atoms with Crippen LogP contribution in [0.15, 0.2) is 18.2 Å². The molecule has 0 N–H and O–H groups in total. The summed E-state index contributed by atoms with van der Waals surface area (Å²) in [4.78, 5) is 50.5. The molecule has 0 aromatic carbocycles. The molecule has 2 aliphatic heterocycles. The van der Waals surface area contributed by atoms with Crippen LogP contribution < -0.4 is 0 Å². The summed E-state index contributed by atoms with van der Waals surface area (Å²) in [6.45, 7) is 0.377. The number of nitrogens with zero attached hydrogens (tertiary/aromatic N) is 1. The summed E-state index contributed by atoms with van der Waals surface area (Å²) in [7, 11) is 0. The largest absolute Gasteiger partial charge is 0.463 e. The number of hydrogen-bond acceptors (Lipinski definition) is 9. The molecular weight excluding hydrogens is 322 g/mol. The molecule has 3 heterocycles. The van der Waals surface area contributed by atoms with E-state index < -0.39 is 36.1 Å². The lowest BCUT2D eigenvalue weighted by atomic mass is 10.2. The lowest BCUT2D eigenvalue weighted by Crippen LogP contribution is -2.25. The zero-order chi connectivity index (χ0) is 17.1. The van der Waals surface area contributed by atoms with E-state index in [4.69, 9.17) is 18.9 Å². The maximum Gasteiger partial charge on any atom is 0.357 e. The van der Waals surface area contributed by atoms with Crippen LogP contribution in [0.3, 0.4) is 0 Å². The van der Waals surface area contributed by atoms with Crippen LogP contribution in [0.1, 0.15) is 33.8 Å². The normalized spacial score (nSPS) is 22.7. The lowest BCUT2D eigenvalue weighted by molar-refractivity contribution is -0.145. The van der Waals surface area contributed by atoms with Gasteiger partial charge in [0.05, 0.1) is 13.2 Å². The maximum absolute atomic E-state index is 12.0. The highest BCUT2D eigenvalue weighted by Crippen LogP contribution is 2.15. The van der Waals surface area contributed by atoms with Gasteiger partial charge in [0.15, 0.2) is 0 Å². The zero-order valence-electron chi connectivity index (χ0n) is 12.4. The summed E-state index contributed by atoms with van der Waals surface area (Å²) in [5.41, 5.74) is -0.309. The fourth-order valence-corrected chi connectivity index (χ4v) is 2.21. The summed E-state index contributed by atoms with van der Waals surface area (Å²) >= 11 is 0. The fraction of sp³-hybridized carbons (Fsp3) is 0.400. The Labute approximate surface area is 135 Å². The number of cyclic esters (lactones) is 2. The average Bonchev–Trinajstić information content (AvgIpc) is 3.16. The minimum Gasteiger partial charge on any atom is -0.463 e. The van der Waals surface area contributed by atoms with Gasteiger partial charge in [0.1, 0.15) is 11.4 Å². The van der Waals surface area contributed by atoms with Crippen LogP contribution in [0.25, 0.3) is 0 Å². The molecule has 0 bridgehead atoms. The zero-order valence-corrected chi connectivity index (χ0v) is 12.4. The Kier molecular flexibility index (Phi) is 4.41. The molecule has 0 unspecified atom stereocenters. The van der Waals surface area contributed by atoms with E-state index in [1.54, 1.807) is 0 Å². The van der Waals surface area contributed by atoms with Gasteiger partial charge >= 0.3 is 23.9 Å². The number of esters is 4. The van der Waals surface area contributed by atoms with E-state index in [-0.39, 0.29) is 37.4 Å². The molecule has 0 radical (unpaired) electrons. The van der Waals surface area contributed by atoms with Crippen LogP contribution in [0.5, 0.6) is 0 Å². The number of rotatable bonds is 4. The van der Waals surface area contributed by atoms with Crippen molar-refractivity contribution in [2.45, 2.75) is 25.0 Å². The summed E-state index contributed by atoms with van der Waals surface area (Å²) < 4.78 is 19.4. The van der Waals surface area contributed by atoms with Crippen molar-refractivity contribution in [3.63, 3.8) is 0 Å². The molecule has 9 nitrogen and oxygen atoms in total. The van der Waals surface area contributed by atoms with E-state index >= 15 is 0 Å². The Morgan fingerprint density at radius 2 is 1.38 bits per heavy atom. The monoisotopic (exact) mass is 335 g/mol. The van der Waals surface area contributed by atoms with Crippen molar-refractivity contribution in [2.75, 3.05) is 13.2 Å². The lowest BCUT2D eigenvalue weighted by Gasteiger charge is -2.10. The van der Waals surface area contributed by atoms with Gasteiger partial charge in [-0.2, -0.15) is 0 Å². The van der Waals surface area contributed by atoms with Crippen LogP contribution in [0.2, 0.25) is 0 Å². The van der Waals surface area contributed by atoms with Crippen molar-refractivity contribution in [2.24, 2.45) is 0 Å². The van der Waals surface area contributed by atoms with Crippen molar-refractivity contribution in [1.29, 1.82) is 0 Å². The Bertz CT molecular complexity index is 645. The molecule has 3 rings (SSSR count). The van der Waals surface area contributed by atoms with Gasteiger partial charge in [-0.1, -0.05) is 6.07 Å². The quantitative estimate of drug-likeness (QED) is 0.554. The first-order chi connectivity index (χ1) is 11.5. The predicted molar refractivity (Wildman–Crippen MR) is 73.8 cm³/mol. The smallest absolute Gasteiger partial charge is 0.357 e. The number of ether oxygens (including phenoxy) is 4. The molecule has 0 amide bonds. The SMILES string of the molecule is O=C(O[C@@H]1CCOC1=O)c1cccc(C(=O)O[C@@H]2CCOC2=O)n1. The molecule has 0 saturated carbocycles. The van der Waals surface area contributed by atoms with E-state index in [9.17, 15) is 19.2 Å². The topological polar surface area (TPSA) is 118 Å². The standard InChI is InChI=1S/C15H13NO8/c17-12(23-10-4-6-21-14(10)19)8-2-1-3-9(16-8)13(18)24-11-5-7-22-15(11)20/h1-3,10-11H,4-7H2/t10-,11-/m1/s1. The van der Waals surface area contributed by atoms with Crippen molar-refractivity contribution >= 4 is 23.9 Å². The molecule has 2 saturated heterocycles. The molecule has 24 heavy (non-hydrogen) atoms. The van der Waals surface area contributed by atoms with Crippen molar-refractivity contribution in [1.82, 2.24) is 4.98 Å². The average molecular weight is 335 g/mol. The third-order valence-electron chi connectivity index (χ3n) is 3.44. The van der Waals surface area contributed by atoms with E-state index in [1.807, 2.05) is 0 Å². The van der Waals surface area contributed by atoms with Gasteiger partial charge in [0, 0.05) is 12.8 Å². The number of aromatic nitrogens is 1. The molecule has 1 aromatic heterocycles. The summed E-state index contributed by atoms with van der Waals surface area (Å²) in [5, 5.41) is 0. The van der Waals surface area contributed by atoms with Crippen molar-refractivity contribution in [3.8, 4) is 0 Å². The molecule has 9 heteroatoms. The van der Waals surface area contributed by atoms with Crippen LogP contribution in [0, 0.1) is 0 Å². The summed E-state index contributed by atoms with van der Waals surface area (Å²) in [5.74, 6) is -2.93. The van der Waals surface area contributed by atoms with Crippen molar-refractivity contribution < 1.29 is 38.1 Å². The molecule has 0 spiro atoms. The van der Waals surface area contributed by atoms with E-state index in [0.29, 0.717) is 0 Å². The second-order valence-electron chi connectivity index (χ2n) is 5.11. The van der Waals surface area contributed by atoms with Gasteiger partial charge in [-0.3, -0.25) is 0 Å². The third-order valence-corrected chi connectivity index (χ3v) is 3.44. The van der Waals surface area contributed by atoms with Gasteiger partial charge in [0.2, 0.25) is 12.2 Å². The molecule has 2 fully saturated rings. The Morgan fingerprint density at radius 3 is 1.75 bits per heavy atom. The minimum absolute atomic E-state index is 0.154. The maximum atomic E-state index is 12.0. The Hall–Kier alpha value is -2.97. The molecule has 2 aliphatic rings. The van der Waals surface area contributed by atoms with E-state index in [2.05, 4.69) is 4.98 Å². The van der Waals surface area contributed by atoms with E-state index in [1.165, 1.54) is 18.2 Å². The second kappa shape index (κ2) is 6.65. The molecule has 1 aromatic rings. The van der Waals surface area contributed by atoms with Crippen molar-refractivity contribution in [3.05, 3.63) is 29.6 Å². The highest BCUT2D eigenvalue weighted by Gasteiger charge is 2.32. The highest BCUT2D eigenvalue weighted by molar-refractivity contribution is 5.93. The third kappa shape index (κ3) is 3.34. The van der Waals surface area contributed by atoms with Gasteiger partial charge < -0.3 is 18.9 Å². The Morgan fingerprint density at radius 1 is 0.917 bits per heavy atom. The molecule has 126 valence electrons. The van der Waals surface area contributed by atoms with Crippen LogP contribution >= 0.6 is 0 Å². The number of carbonyl (C=O) groups excluding carboxylic acids is 4. The number of pyridine rings is 1. The molecular formula is C15H13NO8. The predicted octanol–water partition coefficient (Wildman–Crippen LogP) is 0.0262.